The van der Waals surface area contributed by atoms with E-state index in [2.05, 4.69) is 25.8 Å². The zero-order valence-corrected chi connectivity index (χ0v) is 18.0. The average Bonchev–Trinajstić information content (AvgIpc) is 3.42. The summed E-state index contributed by atoms with van der Waals surface area (Å²) in [6.07, 6.45) is 5.78. The number of furan rings is 1. The molecule has 5 heterocycles. The van der Waals surface area contributed by atoms with Crippen molar-refractivity contribution in [2.75, 3.05) is 13.1 Å². The van der Waals surface area contributed by atoms with Crippen molar-refractivity contribution in [1.29, 1.82) is 0 Å². The van der Waals surface area contributed by atoms with E-state index in [0.717, 1.165) is 48.1 Å². The molecular weight excluding hydrogens is 412 g/mol. The van der Waals surface area contributed by atoms with Crippen molar-refractivity contribution >= 4 is 38.6 Å². The number of thiazole rings is 1. The topological polar surface area (TPSA) is 71.7 Å². The van der Waals surface area contributed by atoms with Crippen LogP contribution in [0.4, 0.5) is 0 Å². The zero-order valence-electron chi connectivity index (χ0n) is 17.2. The number of ether oxygens (including phenoxy) is 1. The molecule has 1 aromatic carbocycles. The van der Waals surface area contributed by atoms with E-state index in [1.165, 1.54) is 16.9 Å². The van der Waals surface area contributed by atoms with Crippen LogP contribution in [0.2, 0.25) is 0 Å². The summed E-state index contributed by atoms with van der Waals surface area (Å²) >= 11 is 1.47. The minimum Gasteiger partial charge on any atom is -0.464 e. The number of fused-ring (bicyclic) bond motifs is 4. The Morgan fingerprint density at radius 3 is 2.87 bits per heavy atom. The van der Waals surface area contributed by atoms with E-state index in [4.69, 9.17) is 9.15 Å². The average molecular weight is 435 g/mol. The van der Waals surface area contributed by atoms with Gasteiger partial charge in [0.05, 0.1) is 11.0 Å². The van der Waals surface area contributed by atoms with Crippen LogP contribution in [0.15, 0.2) is 47.2 Å². The Hall–Kier alpha value is -2.97. The maximum absolute atomic E-state index is 11.9. The Balaban J connectivity index is 1.19. The van der Waals surface area contributed by atoms with Crippen LogP contribution in [0.1, 0.15) is 25.3 Å². The van der Waals surface area contributed by atoms with Crippen LogP contribution in [0, 0.1) is 0 Å². The van der Waals surface area contributed by atoms with Gasteiger partial charge in [0.1, 0.15) is 11.3 Å². The number of nitrogens with zero attached hydrogens (tertiary/aromatic N) is 4. The molecule has 0 saturated carbocycles. The number of piperazine rings is 1. The van der Waals surface area contributed by atoms with Gasteiger partial charge in [0.2, 0.25) is 5.91 Å². The predicted octanol–water partition coefficient (Wildman–Crippen LogP) is 4.42. The largest absolute Gasteiger partial charge is 0.464 e. The van der Waals surface area contributed by atoms with Crippen molar-refractivity contribution in [2.24, 2.45) is 0 Å². The molecule has 8 heteroatoms. The van der Waals surface area contributed by atoms with Gasteiger partial charge in [-0.2, -0.15) is 4.98 Å². The fourth-order valence-corrected chi connectivity index (χ4v) is 5.81. The number of rotatable bonds is 4. The van der Waals surface area contributed by atoms with Gasteiger partial charge in [-0.1, -0.05) is 11.3 Å². The molecule has 0 unspecified atom stereocenters. The molecule has 2 bridgehead atoms. The first kappa shape index (κ1) is 18.8. The first-order valence-electron chi connectivity index (χ1n) is 10.5. The molecular formula is C23H22N4O3S. The van der Waals surface area contributed by atoms with Crippen LogP contribution >= 0.6 is 11.3 Å². The number of carbonyl (C=O) groups is 1. The Morgan fingerprint density at radius 2 is 2.10 bits per heavy atom. The van der Waals surface area contributed by atoms with Gasteiger partial charge >= 0.3 is 0 Å². The molecule has 0 radical (unpaired) electrons. The number of benzene rings is 1. The zero-order chi connectivity index (χ0) is 20.9. The molecule has 158 valence electrons. The highest BCUT2D eigenvalue weighted by molar-refractivity contribution is 7.20. The SMILES string of the molecule is CC(=O)N1[C@@H]2CC[C@H]1CN(Cc1coc3cc(Oc4nc5ncccc5s4)ccc13)C2. The van der Waals surface area contributed by atoms with E-state index in [9.17, 15) is 4.79 Å². The molecule has 4 aromatic rings. The second kappa shape index (κ2) is 7.32. The van der Waals surface area contributed by atoms with Gasteiger partial charge in [0.25, 0.3) is 5.19 Å². The van der Waals surface area contributed by atoms with Crippen molar-refractivity contribution in [2.45, 2.75) is 38.4 Å². The highest BCUT2D eigenvalue weighted by atomic mass is 32.1. The third-order valence-electron chi connectivity index (χ3n) is 6.29. The smallest absolute Gasteiger partial charge is 0.281 e. The van der Waals surface area contributed by atoms with Crippen molar-refractivity contribution in [3.8, 4) is 10.9 Å². The summed E-state index contributed by atoms with van der Waals surface area (Å²) in [6, 6.07) is 10.5. The molecule has 2 saturated heterocycles. The van der Waals surface area contributed by atoms with Gasteiger partial charge in [-0.15, -0.1) is 0 Å². The monoisotopic (exact) mass is 434 g/mol. The van der Waals surface area contributed by atoms with Gasteiger partial charge in [-0.05, 0) is 37.1 Å². The van der Waals surface area contributed by atoms with Crippen molar-refractivity contribution in [3.05, 3.63) is 48.4 Å². The van der Waals surface area contributed by atoms with Crippen molar-refractivity contribution in [3.63, 3.8) is 0 Å². The van der Waals surface area contributed by atoms with E-state index in [-0.39, 0.29) is 5.91 Å². The lowest BCUT2D eigenvalue weighted by molar-refractivity contribution is -0.134. The van der Waals surface area contributed by atoms with Crippen LogP contribution in [0.25, 0.3) is 21.3 Å². The van der Waals surface area contributed by atoms with E-state index < -0.39 is 0 Å². The highest BCUT2D eigenvalue weighted by Gasteiger charge is 2.41. The number of carbonyl (C=O) groups excluding carboxylic acids is 1. The standard InChI is InChI=1S/C23H22N4O3S/c1-14(28)27-16-4-5-17(27)12-26(11-16)10-15-13-29-20-9-18(6-7-19(15)20)30-23-25-22-21(31-23)3-2-8-24-22/h2-3,6-9,13,16-17H,4-5,10-12H2,1H3/t16-,17+. The Morgan fingerprint density at radius 1 is 1.26 bits per heavy atom. The number of hydrogen-bond acceptors (Lipinski definition) is 7. The molecule has 2 fully saturated rings. The normalized spacial score (nSPS) is 21.3. The Labute approximate surface area is 183 Å². The molecule has 31 heavy (non-hydrogen) atoms. The number of aromatic nitrogens is 2. The van der Waals surface area contributed by atoms with Crippen molar-refractivity contribution < 1.29 is 13.9 Å². The third kappa shape index (κ3) is 3.36. The first-order valence-corrected chi connectivity index (χ1v) is 11.4. The molecule has 2 aliphatic rings. The quantitative estimate of drug-likeness (QED) is 0.473. The summed E-state index contributed by atoms with van der Waals surface area (Å²) in [5, 5.41) is 1.67. The van der Waals surface area contributed by atoms with Crippen LogP contribution < -0.4 is 4.74 Å². The summed E-state index contributed by atoms with van der Waals surface area (Å²) in [4.78, 5) is 25.2. The lowest BCUT2D eigenvalue weighted by atomic mass is 10.1. The molecule has 0 N–H and O–H groups in total. The summed E-state index contributed by atoms with van der Waals surface area (Å²) in [7, 11) is 0. The summed E-state index contributed by atoms with van der Waals surface area (Å²) in [6.45, 7) is 4.37. The summed E-state index contributed by atoms with van der Waals surface area (Å²) in [5.41, 5.74) is 2.67. The molecule has 2 aliphatic heterocycles. The van der Waals surface area contributed by atoms with Gasteiger partial charge in [-0.25, -0.2) is 4.98 Å². The lowest BCUT2D eigenvalue weighted by Gasteiger charge is -2.40. The number of hydrogen-bond donors (Lipinski definition) is 0. The fraction of sp³-hybridized carbons (Fsp3) is 0.348. The first-order chi connectivity index (χ1) is 15.1. The number of pyridine rings is 1. The van der Waals surface area contributed by atoms with E-state index in [1.54, 1.807) is 13.1 Å². The second-order valence-electron chi connectivity index (χ2n) is 8.33. The van der Waals surface area contributed by atoms with E-state index in [1.807, 2.05) is 30.5 Å². The predicted molar refractivity (Wildman–Crippen MR) is 118 cm³/mol. The minimum absolute atomic E-state index is 0.206. The molecule has 0 aliphatic carbocycles. The van der Waals surface area contributed by atoms with Crippen LogP contribution in [0.5, 0.6) is 10.9 Å². The third-order valence-corrected chi connectivity index (χ3v) is 7.18. The van der Waals surface area contributed by atoms with Crippen LogP contribution in [-0.2, 0) is 11.3 Å². The molecule has 2 atom stereocenters. The maximum Gasteiger partial charge on any atom is 0.281 e. The van der Waals surface area contributed by atoms with Gasteiger partial charge in [-0.3, -0.25) is 9.69 Å². The lowest BCUT2D eigenvalue weighted by Crippen LogP contribution is -2.54. The summed E-state index contributed by atoms with van der Waals surface area (Å²) in [5.74, 6) is 0.901. The maximum atomic E-state index is 11.9. The van der Waals surface area contributed by atoms with E-state index >= 15 is 0 Å². The summed E-state index contributed by atoms with van der Waals surface area (Å²) < 4.78 is 12.8. The molecule has 3 aromatic heterocycles. The molecule has 1 amide bonds. The van der Waals surface area contributed by atoms with Gasteiger partial charge in [0.15, 0.2) is 5.65 Å². The second-order valence-corrected chi connectivity index (χ2v) is 9.32. The van der Waals surface area contributed by atoms with Crippen LogP contribution in [-0.4, -0.2) is 50.8 Å². The highest BCUT2D eigenvalue weighted by Crippen LogP contribution is 2.34. The van der Waals surface area contributed by atoms with Crippen molar-refractivity contribution in [1.82, 2.24) is 19.8 Å². The van der Waals surface area contributed by atoms with Crippen LogP contribution in [0.3, 0.4) is 0 Å². The molecule has 6 rings (SSSR count). The van der Waals surface area contributed by atoms with Gasteiger partial charge < -0.3 is 14.1 Å². The Kier molecular flexibility index (Phi) is 4.43. The molecule has 0 spiro atoms. The molecule has 7 nitrogen and oxygen atoms in total. The Bertz CT molecular complexity index is 1240. The fourth-order valence-electron chi connectivity index (χ4n) is 5.02. The minimum atomic E-state index is 0.206. The number of amides is 1. The van der Waals surface area contributed by atoms with Gasteiger partial charge in [0, 0.05) is 61.9 Å². The van der Waals surface area contributed by atoms with E-state index in [0.29, 0.717) is 28.7 Å². The number of likely N-dealkylation sites (tertiary alicyclic amines) is 1.